The Hall–Kier alpha value is -4.37. The number of hydrogen-bond acceptors (Lipinski definition) is 8. The standard InChI is InChI=1S/C88H150NO8P/c1-6-8-10-12-14-16-18-20-22-24-26-28-30-32-34-36-38-40-42-43-44-45-47-49-51-53-55-57-59-61-63-65-67-69-71-73-75-77-79-81-88(91)97-86(85-96-98(92,93)95-83-82-89(3,4)5)84-94-87(90)80-78-76-74-72-70-68-66-64-62-60-58-56-54-52-50-48-46-41-39-37-35-33-31-29-27-25-23-21-19-17-15-13-11-9-7-2/h8-11,14-17,20-23,26-29,32-35,38-41,43-44,86H,6-7,12-13,18-19,24-25,30-31,36-37,42,45-85H2,1-5H3/b10-8-,11-9-,16-14-,17-15-,22-20-,23-21-,28-26-,29-27-,34-32-,35-33-,40-38-,41-39-,44-43-. The summed E-state index contributed by atoms with van der Waals surface area (Å²) in [6.45, 7) is 4.04. The number of hydrogen-bond donors (Lipinski definition) is 0. The van der Waals surface area contributed by atoms with Crippen LogP contribution in [-0.4, -0.2) is 70.0 Å². The molecule has 0 aliphatic heterocycles. The summed E-state index contributed by atoms with van der Waals surface area (Å²) in [6, 6.07) is 0. The van der Waals surface area contributed by atoms with Crippen molar-refractivity contribution in [3.05, 3.63) is 158 Å². The zero-order valence-electron chi connectivity index (χ0n) is 63.9. The molecule has 0 N–H and O–H groups in total. The lowest BCUT2D eigenvalue weighted by molar-refractivity contribution is -0.870. The van der Waals surface area contributed by atoms with Crippen molar-refractivity contribution >= 4 is 19.8 Å². The number of carbonyl (C=O) groups excluding carboxylic acids is 2. The second kappa shape index (κ2) is 76.8. The third-order valence-electron chi connectivity index (χ3n) is 17.0. The van der Waals surface area contributed by atoms with Gasteiger partial charge in [-0.3, -0.25) is 14.2 Å². The Labute approximate surface area is 605 Å². The molecule has 2 unspecified atom stereocenters. The number of phosphoric acid groups is 1. The van der Waals surface area contributed by atoms with E-state index in [-0.39, 0.29) is 32.0 Å². The molecule has 0 spiro atoms. The number of unbranched alkanes of at least 4 members (excludes halogenated alkanes) is 33. The van der Waals surface area contributed by atoms with Crippen LogP contribution in [0.25, 0.3) is 0 Å². The molecule has 0 radical (unpaired) electrons. The summed E-state index contributed by atoms with van der Waals surface area (Å²) < 4.78 is 34.4. The van der Waals surface area contributed by atoms with Gasteiger partial charge >= 0.3 is 11.9 Å². The minimum atomic E-state index is -4.65. The van der Waals surface area contributed by atoms with Crippen molar-refractivity contribution in [3.8, 4) is 0 Å². The molecule has 0 amide bonds. The van der Waals surface area contributed by atoms with Crippen LogP contribution in [0.1, 0.15) is 335 Å². The Morgan fingerprint density at radius 3 is 0.816 bits per heavy atom. The Bertz CT molecular complexity index is 2220. The second-order valence-corrected chi connectivity index (χ2v) is 29.1. The summed E-state index contributed by atoms with van der Waals surface area (Å²) in [6.07, 6.45) is 115. The molecule has 2 atom stereocenters. The maximum Gasteiger partial charge on any atom is 0.306 e. The molecule has 0 aromatic heterocycles. The highest BCUT2D eigenvalue weighted by Crippen LogP contribution is 2.38. The number of carbonyl (C=O) groups is 2. The number of allylic oxidation sites excluding steroid dienone is 26. The summed E-state index contributed by atoms with van der Waals surface area (Å²) in [4.78, 5) is 38.2. The van der Waals surface area contributed by atoms with E-state index in [2.05, 4.69) is 172 Å². The van der Waals surface area contributed by atoms with Crippen LogP contribution in [0.4, 0.5) is 0 Å². The van der Waals surface area contributed by atoms with E-state index in [4.69, 9.17) is 18.5 Å². The van der Waals surface area contributed by atoms with Crippen LogP contribution >= 0.6 is 7.82 Å². The molecule has 0 fully saturated rings. The predicted octanol–water partition coefficient (Wildman–Crippen LogP) is 26.4. The third kappa shape index (κ3) is 80.6. The number of esters is 2. The van der Waals surface area contributed by atoms with Gasteiger partial charge in [-0.2, -0.15) is 0 Å². The fourth-order valence-corrected chi connectivity index (χ4v) is 11.7. The molecule has 0 aromatic carbocycles. The molecule has 0 aromatic rings. The summed E-state index contributed by atoms with van der Waals surface area (Å²) in [5.41, 5.74) is 0. The summed E-state index contributed by atoms with van der Waals surface area (Å²) in [7, 11) is 1.17. The van der Waals surface area contributed by atoms with Crippen LogP contribution in [-0.2, 0) is 32.7 Å². The van der Waals surface area contributed by atoms with Crippen molar-refractivity contribution in [3.63, 3.8) is 0 Å². The molecule has 0 rings (SSSR count). The van der Waals surface area contributed by atoms with Gasteiger partial charge < -0.3 is 27.9 Å². The fraction of sp³-hybridized carbons (Fsp3) is 0.682. The van der Waals surface area contributed by atoms with Crippen LogP contribution in [0, 0.1) is 0 Å². The van der Waals surface area contributed by atoms with Crippen molar-refractivity contribution in [2.45, 2.75) is 341 Å². The summed E-state index contributed by atoms with van der Waals surface area (Å²) >= 11 is 0. The molecule has 0 bridgehead atoms. The van der Waals surface area contributed by atoms with E-state index in [1.165, 1.54) is 180 Å². The van der Waals surface area contributed by atoms with Gasteiger partial charge in [0.05, 0.1) is 27.7 Å². The fourth-order valence-electron chi connectivity index (χ4n) is 11.0. The van der Waals surface area contributed by atoms with Crippen molar-refractivity contribution < 1.29 is 42.1 Å². The Morgan fingerprint density at radius 2 is 0.551 bits per heavy atom. The molecule has 9 nitrogen and oxygen atoms in total. The molecule has 98 heavy (non-hydrogen) atoms. The summed E-state index contributed by atoms with van der Waals surface area (Å²) in [5, 5.41) is 0. The smallest absolute Gasteiger partial charge is 0.306 e. The van der Waals surface area contributed by atoms with Crippen LogP contribution in [0.5, 0.6) is 0 Å². The van der Waals surface area contributed by atoms with Crippen molar-refractivity contribution in [2.75, 3.05) is 47.5 Å². The van der Waals surface area contributed by atoms with Crippen LogP contribution in [0.3, 0.4) is 0 Å². The van der Waals surface area contributed by atoms with E-state index in [0.717, 1.165) is 122 Å². The molecule has 10 heteroatoms. The topological polar surface area (TPSA) is 111 Å². The number of rotatable bonds is 73. The maximum absolute atomic E-state index is 12.9. The Balaban J connectivity index is 3.98. The quantitative estimate of drug-likeness (QED) is 0.0195. The second-order valence-electron chi connectivity index (χ2n) is 27.7. The average Bonchev–Trinajstić information content (AvgIpc) is 1.23. The normalized spacial score (nSPS) is 13.9. The van der Waals surface area contributed by atoms with Gasteiger partial charge in [0.1, 0.15) is 19.8 Å². The van der Waals surface area contributed by atoms with E-state index in [1.54, 1.807) is 0 Å². The first kappa shape index (κ1) is 93.6. The van der Waals surface area contributed by atoms with E-state index >= 15 is 0 Å². The zero-order chi connectivity index (χ0) is 71.1. The first-order chi connectivity index (χ1) is 48.0. The van der Waals surface area contributed by atoms with Gasteiger partial charge in [0, 0.05) is 12.8 Å². The molecule has 0 aliphatic rings. The SMILES string of the molecule is CC/C=C\C/C=C\C/C=C\C/C=C\C/C=C\C/C=C\C/C=C\CCCCCCCCCCCCCCCCCCCC(=O)OC(COC(=O)CCCCCCCCCCCCCCCCCC/C=C\C/C=C\C/C=C\C/C=C\C/C=C\C/C=C\CC)COP(=O)([O-])OCC[N+](C)(C)C. The zero-order valence-corrected chi connectivity index (χ0v) is 64.8. The number of ether oxygens (including phenoxy) is 2. The van der Waals surface area contributed by atoms with Gasteiger partial charge in [0.25, 0.3) is 7.82 Å². The summed E-state index contributed by atoms with van der Waals surface area (Å²) in [5.74, 6) is -0.827. The van der Waals surface area contributed by atoms with Crippen LogP contribution in [0.2, 0.25) is 0 Å². The lowest BCUT2D eigenvalue weighted by Gasteiger charge is -2.28. The Kier molecular flexibility index (Phi) is 73.4. The van der Waals surface area contributed by atoms with E-state index in [1.807, 2.05) is 21.1 Å². The van der Waals surface area contributed by atoms with Gasteiger partial charge in [-0.1, -0.05) is 358 Å². The minimum Gasteiger partial charge on any atom is -0.756 e. The molecule has 0 aliphatic carbocycles. The number of likely N-dealkylation sites (N-methyl/N-ethyl adjacent to an activating group) is 1. The first-order valence-corrected chi connectivity index (χ1v) is 41.7. The maximum atomic E-state index is 12.9. The lowest BCUT2D eigenvalue weighted by Crippen LogP contribution is -2.37. The van der Waals surface area contributed by atoms with Gasteiger partial charge in [-0.15, -0.1) is 0 Å². The highest BCUT2D eigenvalue weighted by atomic mass is 31.2. The van der Waals surface area contributed by atoms with Gasteiger partial charge in [-0.05, 0) is 122 Å². The number of phosphoric ester groups is 1. The Morgan fingerprint density at radius 1 is 0.316 bits per heavy atom. The van der Waals surface area contributed by atoms with Gasteiger partial charge in [0.2, 0.25) is 0 Å². The first-order valence-electron chi connectivity index (χ1n) is 40.2. The molecule has 560 valence electrons. The highest BCUT2D eigenvalue weighted by molar-refractivity contribution is 7.45. The monoisotopic (exact) mass is 1380 g/mol. The van der Waals surface area contributed by atoms with Crippen molar-refractivity contribution in [1.82, 2.24) is 0 Å². The molecular weight excluding hydrogens is 1230 g/mol. The molecule has 0 saturated heterocycles. The molecular formula is C88H150NO8P. The van der Waals surface area contributed by atoms with E-state index in [9.17, 15) is 19.0 Å². The van der Waals surface area contributed by atoms with Gasteiger partial charge in [-0.25, -0.2) is 0 Å². The lowest BCUT2D eigenvalue weighted by atomic mass is 10.0. The average molecular weight is 1380 g/mol. The largest absolute Gasteiger partial charge is 0.756 e. The molecule has 0 saturated carbocycles. The minimum absolute atomic E-state index is 0.0349. The van der Waals surface area contributed by atoms with Crippen LogP contribution in [0.15, 0.2) is 158 Å². The van der Waals surface area contributed by atoms with Crippen molar-refractivity contribution in [1.29, 1.82) is 0 Å². The van der Waals surface area contributed by atoms with Gasteiger partial charge in [0.15, 0.2) is 6.10 Å². The number of nitrogens with zero attached hydrogens (tertiary/aromatic N) is 1. The number of quaternary nitrogens is 1. The van der Waals surface area contributed by atoms with E-state index < -0.39 is 26.5 Å². The van der Waals surface area contributed by atoms with E-state index in [0.29, 0.717) is 17.4 Å². The predicted molar refractivity (Wildman–Crippen MR) is 424 cm³/mol. The van der Waals surface area contributed by atoms with Crippen LogP contribution < -0.4 is 4.89 Å². The van der Waals surface area contributed by atoms with Crippen molar-refractivity contribution in [2.24, 2.45) is 0 Å². The highest BCUT2D eigenvalue weighted by Gasteiger charge is 2.22. The third-order valence-corrected chi connectivity index (χ3v) is 18.0. The molecule has 0 heterocycles.